The molecule has 0 aromatic heterocycles. The molecule has 4 rings (SSSR count). The molecule has 0 amide bonds. The smallest absolute Gasteiger partial charge is 0.146 e. The van der Waals surface area contributed by atoms with Crippen LogP contribution in [0.1, 0.15) is 30.7 Å². The third kappa shape index (κ3) is 2.30. The van der Waals surface area contributed by atoms with Crippen molar-refractivity contribution >= 4 is 6.21 Å². The van der Waals surface area contributed by atoms with Gasteiger partial charge in [0.15, 0.2) is 0 Å². The van der Waals surface area contributed by atoms with Crippen LogP contribution in [0.4, 0.5) is 4.39 Å². The Bertz CT molecular complexity index is 580. The van der Waals surface area contributed by atoms with Crippen LogP contribution in [0, 0.1) is 23.6 Å². The van der Waals surface area contributed by atoms with Gasteiger partial charge in [-0.05, 0) is 62.4 Å². The van der Waals surface area contributed by atoms with E-state index < -0.39 is 0 Å². The number of hydrogen-bond donors (Lipinski definition) is 0. The van der Waals surface area contributed by atoms with E-state index in [1.807, 2.05) is 12.1 Å². The summed E-state index contributed by atoms with van der Waals surface area (Å²) in [6.07, 6.45) is 6.42. The Hall–Kier alpha value is -1.22. The van der Waals surface area contributed by atoms with Gasteiger partial charge in [-0.2, -0.15) is 0 Å². The summed E-state index contributed by atoms with van der Waals surface area (Å²) in [5, 5.41) is 0. The van der Waals surface area contributed by atoms with Crippen molar-refractivity contribution in [1.82, 2.24) is 4.90 Å². The number of likely N-dealkylation sites (tertiary alicyclic amines) is 1. The van der Waals surface area contributed by atoms with E-state index in [2.05, 4.69) is 29.8 Å². The van der Waals surface area contributed by atoms with Crippen molar-refractivity contribution in [2.45, 2.75) is 31.2 Å². The van der Waals surface area contributed by atoms with Gasteiger partial charge in [0.1, 0.15) is 25.6 Å². The summed E-state index contributed by atoms with van der Waals surface area (Å²) >= 11 is 0. The van der Waals surface area contributed by atoms with E-state index in [0.29, 0.717) is 23.8 Å². The third-order valence-corrected chi connectivity index (χ3v) is 6.33. The summed E-state index contributed by atoms with van der Waals surface area (Å²) in [6.45, 7) is 2.38. The average molecular weight is 301 g/mol. The molecule has 0 radical (unpaired) electrons. The number of hydrogen-bond acceptors (Lipinski definition) is 1. The molecule has 1 aliphatic carbocycles. The maximum Gasteiger partial charge on any atom is 0.146 e. The topological polar surface area (TPSA) is 6.25 Å². The van der Waals surface area contributed by atoms with E-state index in [0.717, 1.165) is 12.5 Å². The van der Waals surface area contributed by atoms with Crippen LogP contribution in [0.2, 0.25) is 0 Å². The lowest BCUT2D eigenvalue weighted by molar-refractivity contribution is -0.490. The normalized spacial score (nSPS) is 38.3. The molecule has 5 unspecified atom stereocenters. The molecule has 1 aromatic rings. The molecule has 2 heterocycles. The van der Waals surface area contributed by atoms with Crippen LogP contribution in [0.15, 0.2) is 24.3 Å². The molecule has 2 nitrogen and oxygen atoms in total. The zero-order chi connectivity index (χ0) is 15.3. The Balaban J connectivity index is 1.69. The Morgan fingerprint density at radius 1 is 1.18 bits per heavy atom. The van der Waals surface area contributed by atoms with Crippen molar-refractivity contribution in [2.24, 2.45) is 17.8 Å². The fourth-order valence-electron chi connectivity index (χ4n) is 5.34. The lowest BCUT2D eigenvalue weighted by Gasteiger charge is -2.49. The predicted molar refractivity (Wildman–Crippen MR) is 87.0 cm³/mol. The quantitative estimate of drug-likeness (QED) is 0.723. The first-order valence-corrected chi connectivity index (χ1v) is 8.64. The number of halogens is 1. The maximum absolute atomic E-state index is 13.3. The fourth-order valence-corrected chi connectivity index (χ4v) is 5.34. The van der Waals surface area contributed by atoms with Crippen molar-refractivity contribution in [1.29, 1.82) is 0 Å². The molecule has 22 heavy (non-hydrogen) atoms. The number of benzene rings is 1. The lowest BCUT2D eigenvalue weighted by atomic mass is 9.61. The van der Waals surface area contributed by atoms with Crippen LogP contribution in [-0.2, 0) is 0 Å². The van der Waals surface area contributed by atoms with Crippen LogP contribution >= 0.6 is 0 Å². The SMILES string of the molecule is CN1CCCC2C3C=[N+](C)CC3C(c3ccc(F)cc3)CC21. The summed E-state index contributed by atoms with van der Waals surface area (Å²) in [5.41, 5.74) is 1.33. The first-order valence-electron chi connectivity index (χ1n) is 8.64. The summed E-state index contributed by atoms with van der Waals surface area (Å²) in [6, 6.07) is 7.97. The van der Waals surface area contributed by atoms with Gasteiger partial charge in [0, 0.05) is 17.9 Å². The summed E-state index contributed by atoms with van der Waals surface area (Å²) in [4.78, 5) is 2.58. The van der Waals surface area contributed by atoms with Crippen LogP contribution < -0.4 is 0 Å². The molecule has 1 saturated carbocycles. The molecule has 5 atom stereocenters. The van der Waals surface area contributed by atoms with E-state index in [9.17, 15) is 4.39 Å². The zero-order valence-electron chi connectivity index (χ0n) is 13.6. The maximum atomic E-state index is 13.3. The van der Waals surface area contributed by atoms with Crippen LogP contribution in [0.5, 0.6) is 0 Å². The van der Waals surface area contributed by atoms with Crippen molar-refractivity contribution in [3.63, 3.8) is 0 Å². The Morgan fingerprint density at radius 3 is 2.73 bits per heavy atom. The largest absolute Gasteiger partial charge is 0.303 e. The van der Waals surface area contributed by atoms with Crippen molar-refractivity contribution in [3.8, 4) is 0 Å². The van der Waals surface area contributed by atoms with Crippen molar-refractivity contribution < 1.29 is 8.97 Å². The fraction of sp³-hybridized carbons (Fsp3) is 0.632. The molecule has 0 N–H and O–H groups in total. The number of fused-ring (bicyclic) bond motifs is 3. The highest BCUT2D eigenvalue weighted by Gasteiger charge is 2.51. The van der Waals surface area contributed by atoms with E-state index in [4.69, 9.17) is 0 Å². The second kappa shape index (κ2) is 5.45. The highest BCUT2D eigenvalue weighted by molar-refractivity contribution is 5.59. The van der Waals surface area contributed by atoms with Crippen LogP contribution in [0.25, 0.3) is 0 Å². The highest BCUT2D eigenvalue weighted by atomic mass is 19.1. The molecular formula is C19H26FN2+. The minimum absolute atomic E-state index is 0.126. The molecule has 118 valence electrons. The minimum Gasteiger partial charge on any atom is -0.303 e. The van der Waals surface area contributed by atoms with Gasteiger partial charge in [0.2, 0.25) is 0 Å². The Morgan fingerprint density at radius 2 is 1.95 bits per heavy atom. The van der Waals surface area contributed by atoms with Gasteiger partial charge in [-0.25, -0.2) is 8.97 Å². The van der Waals surface area contributed by atoms with Crippen molar-refractivity contribution in [3.05, 3.63) is 35.6 Å². The van der Waals surface area contributed by atoms with Crippen LogP contribution in [-0.4, -0.2) is 48.9 Å². The monoisotopic (exact) mass is 301 g/mol. The Labute approximate surface area is 132 Å². The zero-order valence-corrected chi connectivity index (χ0v) is 13.6. The first kappa shape index (κ1) is 14.4. The molecule has 3 heteroatoms. The van der Waals surface area contributed by atoms with Gasteiger partial charge in [-0.3, -0.25) is 0 Å². The van der Waals surface area contributed by atoms with Gasteiger partial charge in [0.05, 0.1) is 0 Å². The summed E-state index contributed by atoms with van der Waals surface area (Å²) in [7, 11) is 4.50. The molecule has 1 saturated heterocycles. The number of nitrogens with zero attached hydrogens (tertiary/aromatic N) is 2. The van der Waals surface area contributed by atoms with Crippen molar-refractivity contribution in [2.75, 3.05) is 27.2 Å². The lowest BCUT2D eigenvalue weighted by Crippen LogP contribution is -2.52. The molecule has 2 fully saturated rings. The van der Waals surface area contributed by atoms with E-state index in [1.54, 1.807) is 12.1 Å². The van der Waals surface area contributed by atoms with E-state index in [1.165, 1.54) is 31.4 Å². The minimum atomic E-state index is -0.126. The summed E-state index contributed by atoms with van der Waals surface area (Å²) in [5.74, 6) is 2.64. The van der Waals surface area contributed by atoms with Gasteiger partial charge in [-0.15, -0.1) is 0 Å². The van der Waals surface area contributed by atoms with E-state index in [-0.39, 0.29) is 5.82 Å². The van der Waals surface area contributed by atoms with Crippen LogP contribution in [0.3, 0.4) is 0 Å². The van der Waals surface area contributed by atoms with Gasteiger partial charge in [0.25, 0.3) is 0 Å². The van der Waals surface area contributed by atoms with E-state index >= 15 is 0 Å². The molecule has 3 aliphatic rings. The first-order chi connectivity index (χ1) is 10.6. The molecule has 0 bridgehead atoms. The van der Waals surface area contributed by atoms with Gasteiger partial charge < -0.3 is 4.90 Å². The Kier molecular flexibility index (Phi) is 3.56. The summed E-state index contributed by atoms with van der Waals surface area (Å²) < 4.78 is 15.7. The second-order valence-corrected chi connectivity index (χ2v) is 7.58. The molecular weight excluding hydrogens is 275 g/mol. The average Bonchev–Trinajstić information content (AvgIpc) is 2.90. The second-order valence-electron chi connectivity index (χ2n) is 7.58. The standard InChI is InChI=1S/C19H26FN2/c1-21-11-17-15-4-3-9-22(2)19(15)10-16(18(17)12-21)13-5-7-14(20)8-6-13/h5-8,11,15-19H,3-4,9-10,12H2,1-2H3/q+1. The predicted octanol–water partition coefficient (Wildman–Crippen LogP) is 2.98. The number of rotatable bonds is 1. The highest BCUT2D eigenvalue weighted by Crippen LogP contribution is 2.49. The third-order valence-electron chi connectivity index (χ3n) is 6.33. The molecule has 1 aromatic carbocycles. The van der Waals surface area contributed by atoms with Gasteiger partial charge in [-0.1, -0.05) is 12.1 Å². The molecule has 2 aliphatic heterocycles. The molecule has 0 spiro atoms. The number of piperidine rings is 1. The van der Waals surface area contributed by atoms with Gasteiger partial charge >= 0.3 is 0 Å².